The summed E-state index contributed by atoms with van der Waals surface area (Å²) in [6.07, 6.45) is 3.40. The molecule has 0 fully saturated rings. The van der Waals surface area contributed by atoms with Gasteiger partial charge in [-0.05, 0) is 51.6 Å². The average Bonchev–Trinajstić information content (AvgIpc) is 2.50. The molecule has 0 aliphatic rings. The Morgan fingerprint density at radius 2 is 2.05 bits per heavy atom. The number of carbonyl (C=O) groups is 1. The van der Waals surface area contributed by atoms with Gasteiger partial charge >= 0.3 is 0 Å². The fourth-order valence-electron chi connectivity index (χ4n) is 2.05. The monoisotopic (exact) mass is 344 g/mol. The van der Waals surface area contributed by atoms with Gasteiger partial charge < -0.3 is 5.32 Å². The first-order valence-electron chi connectivity index (χ1n) is 6.24. The quantitative estimate of drug-likeness (QED) is 0.749. The summed E-state index contributed by atoms with van der Waals surface area (Å²) in [7, 11) is 0. The van der Waals surface area contributed by atoms with Gasteiger partial charge in [-0.3, -0.25) is 9.78 Å². The smallest absolute Gasteiger partial charge is 0.255 e. The zero-order valence-electron chi connectivity index (χ0n) is 10.8. The number of carbonyl (C=O) groups excluding carboxylic acids is 1. The Morgan fingerprint density at radius 1 is 1.19 bits per heavy atom. The zero-order valence-corrected chi connectivity index (χ0v) is 12.4. The molecule has 0 saturated heterocycles. The molecule has 1 aromatic heterocycles. The maximum absolute atomic E-state index is 13.2. The third-order valence-electron chi connectivity index (χ3n) is 3.11. The van der Waals surface area contributed by atoms with Crippen LogP contribution in [-0.2, 0) is 0 Å². The number of aromatic nitrogens is 1. The van der Waals surface area contributed by atoms with E-state index in [-0.39, 0.29) is 10.4 Å². The largest absolute Gasteiger partial charge is 0.321 e. The number of nitrogens with zero attached hydrogens (tertiary/aromatic N) is 1. The molecule has 21 heavy (non-hydrogen) atoms. The number of pyridine rings is 1. The normalized spacial score (nSPS) is 10.6. The Hall–Kier alpha value is -2.27. The lowest BCUT2D eigenvalue weighted by atomic mass is 10.1. The van der Waals surface area contributed by atoms with Crippen LogP contribution in [0.25, 0.3) is 10.8 Å². The molecule has 0 aliphatic heterocycles. The van der Waals surface area contributed by atoms with E-state index in [1.54, 1.807) is 18.5 Å². The van der Waals surface area contributed by atoms with Crippen molar-refractivity contribution in [2.24, 2.45) is 0 Å². The van der Waals surface area contributed by atoms with E-state index in [4.69, 9.17) is 0 Å². The van der Waals surface area contributed by atoms with Crippen LogP contribution in [-0.4, -0.2) is 10.9 Å². The van der Waals surface area contributed by atoms with E-state index in [2.05, 4.69) is 26.2 Å². The van der Waals surface area contributed by atoms with E-state index in [9.17, 15) is 9.18 Å². The summed E-state index contributed by atoms with van der Waals surface area (Å²) in [6.45, 7) is 0. The van der Waals surface area contributed by atoms with E-state index in [0.29, 0.717) is 11.3 Å². The summed E-state index contributed by atoms with van der Waals surface area (Å²) in [5.74, 6) is -0.701. The lowest BCUT2D eigenvalue weighted by Crippen LogP contribution is -2.12. The Labute approximate surface area is 128 Å². The van der Waals surface area contributed by atoms with Crippen LogP contribution < -0.4 is 5.32 Å². The minimum Gasteiger partial charge on any atom is -0.321 e. The lowest BCUT2D eigenvalue weighted by Gasteiger charge is -2.08. The molecule has 0 aliphatic carbocycles. The number of hydrogen-bond donors (Lipinski definition) is 1. The van der Waals surface area contributed by atoms with Gasteiger partial charge in [0.25, 0.3) is 5.91 Å². The summed E-state index contributed by atoms with van der Waals surface area (Å²) in [6, 6.07) is 11.6. The number of halogens is 2. The van der Waals surface area contributed by atoms with Gasteiger partial charge in [-0.2, -0.15) is 0 Å². The van der Waals surface area contributed by atoms with Gasteiger partial charge in [-0.15, -0.1) is 0 Å². The fraction of sp³-hybridized carbons (Fsp3) is 0. The summed E-state index contributed by atoms with van der Waals surface area (Å²) in [5.41, 5.74) is 1.05. The second-order valence-electron chi connectivity index (χ2n) is 4.49. The van der Waals surface area contributed by atoms with Crippen LogP contribution in [0.2, 0.25) is 0 Å². The third-order valence-corrected chi connectivity index (χ3v) is 3.72. The molecule has 104 valence electrons. The van der Waals surface area contributed by atoms with Crippen LogP contribution in [0.1, 0.15) is 10.4 Å². The highest BCUT2D eigenvalue weighted by molar-refractivity contribution is 9.10. The molecule has 0 unspecified atom stereocenters. The van der Waals surface area contributed by atoms with Crippen LogP contribution >= 0.6 is 15.9 Å². The summed E-state index contributed by atoms with van der Waals surface area (Å²) >= 11 is 3.07. The highest BCUT2D eigenvalue weighted by Crippen LogP contribution is 2.23. The van der Waals surface area contributed by atoms with Crippen LogP contribution in [0, 0.1) is 5.82 Å². The van der Waals surface area contributed by atoms with Gasteiger partial charge in [0.1, 0.15) is 5.82 Å². The van der Waals surface area contributed by atoms with Crippen LogP contribution in [0.15, 0.2) is 59.3 Å². The van der Waals surface area contributed by atoms with Crippen molar-refractivity contribution >= 4 is 38.3 Å². The molecule has 0 atom stereocenters. The molecule has 0 spiro atoms. The second kappa shape index (κ2) is 5.61. The summed E-state index contributed by atoms with van der Waals surface area (Å²) in [5, 5.41) is 4.67. The molecule has 5 heteroatoms. The van der Waals surface area contributed by atoms with Crippen molar-refractivity contribution in [1.82, 2.24) is 4.98 Å². The van der Waals surface area contributed by atoms with Crippen molar-refractivity contribution in [3.8, 4) is 0 Å². The molecule has 0 saturated carbocycles. The topological polar surface area (TPSA) is 42.0 Å². The maximum atomic E-state index is 13.2. The van der Waals surface area contributed by atoms with Crippen molar-refractivity contribution in [2.45, 2.75) is 0 Å². The van der Waals surface area contributed by atoms with Crippen molar-refractivity contribution in [1.29, 1.82) is 0 Å². The number of fused-ring (bicyclic) bond motifs is 1. The van der Waals surface area contributed by atoms with Crippen LogP contribution in [0.5, 0.6) is 0 Å². The van der Waals surface area contributed by atoms with E-state index < -0.39 is 5.82 Å². The van der Waals surface area contributed by atoms with Gasteiger partial charge in [-0.25, -0.2) is 4.39 Å². The minimum atomic E-state index is -0.402. The van der Waals surface area contributed by atoms with Crippen molar-refractivity contribution in [2.75, 3.05) is 5.32 Å². The van der Waals surface area contributed by atoms with E-state index >= 15 is 0 Å². The first-order chi connectivity index (χ1) is 10.1. The first kappa shape index (κ1) is 13.7. The number of rotatable bonds is 2. The average molecular weight is 345 g/mol. The van der Waals surface area contributed by atoms with Gasteiger partial charge in [0.05, 0.1) is 10.2 Å². The SMILES string of the molecule is O=C(Nc1cccc2ccncc12)c1ccc(F)c(Br)c1. The molecular weight excluding hydrogens is 335 g/mol. The fourth-order valence-corrected chi connectivity index (χ4v) is 2.43. The number of anilines is 1. The predicted octanol–water partition coefficient (Wildman–Crippen LogP) is 4.39. The van der Waals surface area contributed by atoms with Crippen molar-refractivity contribution in [3.63, 3.8) is 0 Å². The number of hydrogen-bond acceptors (Lipinski definition) is 2. The van der Waals surface area contributed by atoms with Crippen LogP contribution in [0.3, 0.4) is 0 Å². The maximum Gasteiger partial charge on any atom is 0.255 e. The molecule has 2 aromatic carbocycles. The van der Waals surface area contributed by atoms with Gasteiger partial charge in [0.15, 0.2) is 0 Å². The Bertz CT molecular complexity index is 830. The third kappa shape index (κ3) is 2.78. The van der Waals surface area contributed by atoms with Crippen molar-refractivity contribution in [3.05, 3.63) is 70.7 Å². The second-order valence-corrected chi connectivity index (χ2v) is 5.34. The minimum absolute atomic E-state index is 0.259. The van der Waals surface area contributed by atoms with E-state index in [1.165, 1.54) is 18.2 Å². The standard InChI is InChI=1S/C16H10BrFN2O/c17-13-8-11(4-5-14(13)18)16(21)20-15-3-1-2-10-6-7-19-9-12(10)15/h1-9H,(H,20,21). The van der Waals surface area contributed by atoms with Crippen LogP contribution in [0.4, 0.5) is 10.1 Å². The molecule has 1 heterocycles. The molecule has 3 rings (SSSR count). The number of benzene rings is 2. The lowest BCUT2D eigenvalue weighted by molar-refractivity contribution is 0.102. The first-order valence-corrected chi connectivity index (χ1v) is 7.03. The van der Waals surface area contributed by atoms with E-state index in [0.717, 1.165) is 10.8 Å². The highest BCUT2D eigenvalue weighted by Gasteiger charge is 2.10. The number of amides is 1. The van der Waals surface area contributed by atoms with Gasteiger partial charge in [0, 0.05) is 23.3 Å². The Morgan fingerprint density at radius 3 is 2.86 bits per heavy atom. The molecule has 3 nitrogen and oxygen atoms in total. The van der Waals surface area contributed by atoms with Gasteiger partial charge in [0.2, 0.25) is 0 Å². The van der Waals surface area contributed by atoms with Gasteiger partial charge in [-0.1, -0.05) is 12.1 Å². The Kier molecular flexibility index (Phi) is 3.66. The summed E-state index contributed by atoms with van der Waals surface area (Å²) in [4.78, 5) is 16.3. The number of nitrogens with one attached hydrogen (secondary N) is 1. The molecular formula is C16H10BrFN2O. The molecule has 3 aromatic rings. The predicted molar refractivity (Wildman–Crippen MR) is 83.8 cm³/mol. The molecule has 0 radical (unpaired) electrons. The van der Waals surface area contributed by atoms with Crippen molar-refractivity contribution < 1.29 is 9.18 Å². The Balaban J connectivity index is 1.94. The highest BCUT2D eigenvalue weighted by atomic mass is 79.9. The molecule has 0 bridgehead atoms. The van der Waals surface area contributed by atoms with E-state index in [1.807, 2.05) is 18.2 Å². The zero-order chi connectivity index (χ0) is 14.8. The summed E-state index contributed by atoms with van der Waals surface area (Å²) < 4.78 is 13.5. The molecule has 1 amide bonds. The molecule has 1 N–H and O–H groups in total.